The molecule has 1 N–H and O–H groups in total. The molecule has 0 bridgehead atoms. The van der Waals surface area contributed by atoms with Gasteiger partial charge in [-0.2, -0.15) is 4.98 Å². The molecule has 5 rings (SSSR count). The molecule has 1 amide bonds. The molecular formula is C30H30FIN6O3. The van der Waals surface area contributed by atoms with Crippen LogP contribution in [0.2, 0.25) is 0 Å². The van der Waals surface area contributed by atoms with Gasteiger partial charge in [0.25, 0.3) is 0 Å². The van der Waals surface area contributed by atoms with Gasteiger partial charge in [0.1, 0.15) is 17.3 Å². The van der Waals surface area contributed by atoms with Crippen LogP contribution in [0.15, 0.2) is 54.0 Å². The lowest BCUT2D eigenvalue weighted by Crippen LogP contribution is -2.54. The fourth-order valence-corrected chi connectivity index (χ4v) is 6.12. The molecule has 1 aliphatic rings. The summed E-state index contributed by atoms with van der Waals surface area (Å²) in [4.78, 5) is 43.5. The minimum absolute atomic E-state index is 0.0710. The Morgan fingerprint density at radius 3 is 2.73 bits per heavy atom. The molecule has 0 saturated carbocycles. The van der Waals surface area contributed by atoms with Crippen LogP contribution in [0.1, 0.15) is 31.5 Å². The van der Waals surface area contributed by atoms with Crippen LogP contribution in [0.5, 0.6) is 5.75 Å². The summed E-state index contributed by atoms with van der Waals surface area (Å²) in [5.74, 6) is -0.653. The van der Waals surface area contributed by atoms with Gasteiger partial charge < -0.3 is 14.9 Å². The fraction of sp³-hybridized carbons (Fsp3) is 0.300. The number of nitrogens with zero attached hydrogens (tertiary/aromatic N) is 6. The summed E-state index contributed by atoms with van der Waals surface area (Å²) in [5.41, 5.74) is 1.88. The maximum atomic E-state index is 16.0. The largest absolute Gasteiger partial charge is 0.507 e. The van der Waals surface area contributed by atoms with E-state index >= 15 is 4.39 Å². The lowest BCUT2D eigenvalue weighted by atomic mass is 10.1. The highest BCUT2D eigenvalue weighted by molar-refractivity contribution is 14.1. The molecule has 41 heavy (non-hydrogen) atoms. The molecule has 0 radical (unpaired) electrons. The van der Waals surface area contributed by atoms with E-state index in [0.29, 0.717) is 52.2 Å². The molecule has 11 heteroatoms. The first kappa shape index (κ1) is 28.7. The van der Waals surface area contributed by atoms with Gasteiger partial charge in [0, 0.05) is 35.4 Å². The monoisotopic (exact) mass is 668 g/mol. The number of aromatic hydroxyl groups is 1. The van der Waals surface area contributed by atoms with Crippen molar-refractivity contribution in [1.29, 1.82) is 0 Å². The van der Waals surface area contributed by atoms with Crippen LogP contribution in [0.4, 0.5) is 10.2 Å². The first-order chi connectivity index (χ1) is 19.7. The van der Waals surface area contributed by atoms with E-state index in [-0.39, 0.29) is 34.6 Å². The second-order valence-corrected chi connectivity index (χ2v) is 11.2. The number of anilines is 1. The van der Waals surface area contributed by atoms with Gasteiger partial charge in [-0.05, 0) is 78.8 Å². The molecule has 0 aliphatic carbocycles. The molecule has 0 spiro atoms. The zero-order valence-corrected chi connectivity index (χ0v) is 25.2. The molecule has 1 aliphatic heterocycles. The number of phenols is 1. The molecule has 0 unspecified atom stereocenters. The average molecular weight is 669 g/mol. The number of aryl methyl sites for hydroxylation is 2. The topological polar surface area (TPSA) is 104 Å². The van der Waals surface area contributed by atoms with Crippen LogP contribution in [0, 0.1) is 16.3 Å². The first-order valence-electron chi connectivity index (χ1n) is 13.4. The van der Waals surface area contributed by atoms with Gasteiger partial charge in [-0.1, -0.05) is 26.0 Å². The number of benzene rings is 1. The van der Waals surface area contributed by atoms with Crippen molar-refractivity contribution in [2.45, 2.75) is 39.7 Å². The lowest BCUT2D eigenvalue weighted by molar-refractivity contribution is -0.126. The van der Waals surface area contributed by atoms with Crippen molar-refractivity contribution < 1.29 is 14.3 Å². The van der Waals surface area contributed by atoms with Crippen molar-refractivity contribution in [1.82, 2.24) is 24.4 Å². The van der Waals surface area contributed by atoms with E-state index < -0.39 is 11.5 Å². The van der Waals surface area contributed by atoms with Gasteiger partial charge in [0.2, 0.25) is 5.91 Å². The second-order valence-electron chi connectivity index (χ2n) is 10.1. The van der Waals surface area contributed by atoms with Gasteiger partial charge in [0.15, 0.2) is 11.5 Å². The molecule has 9 nitrogen and oxygen atoms in total. The highest BCUT2D eigenvalue weighted by Crippen LogP contribution is 2.37. The molecular weight excluding hydrogens is 638 g/mol. The predicted octanol–water partition coefficient (Wildman–Crippen LogP) is 4.78. The third-order valence-electron chi connectivity index (χ3n) is 7.33. The van der Waals surface area contributed by atoms with Crippen LogP contribution in [-0.4, -0.2) is 61.1 Å². The summed E-state index contributed by atoms with van der Waals surface area (Å²) in [6.07, 6.45) is 4.40. The molecule has 1 saturated heterocycles. The molecule has 212 valence electrons. The number of hydrogen-bond donors (Lipinski definition) is 1. The number of hydrogen-bond acceptors (Lipinski definition) is 7. The summed E-state index contributed by atoms with van der Waals surface area (Å²) in [5, 5.41) is 11.0. The van der Waals surface area contributed by atoms with Crippen molar-refractivity contribution in [3.05, 3.63) is 80.3 Å². The summed E-state index contributed by atoms with van der Waals surface area (Å²) >= 11 is 2.03. The van der Waals surface area contributed by atoms with E-state index in [2.05, 4.69) is 16.5 Å². The van der Waals surface area contributed by atoms with Crippen molar-refractivity contribution in [2.75, 3.05) is 24.5 Å². The molecule has 4 aromatic rings. The van der Waals surface area contributed by atoms with E-state index in [0.717, 1.165) is 12.0 Å². The number of pyridine rings is 2. The molecule has 1 fully saturated rings. The van der Waals surface area contributed by atoms with E-state index in [1.807, 2.05) is 54.3 Å². The number of halogens is 2. The third kappa shape index (κ3) is 5.18. The molecule has 1 atom stereocenters. The SMILES string of the molecule is C=CC(=O)N1CCN(c2nc(=O)n(-c3c(C)ccnc3CCC)c3nc(-c4c(O)cccc4I)c(F)cc23)[C@@H](C)C1. The van der Waals surface area contributed by atoms with Crippen LogP contribution in [0.3, 0.4) is 0 Å². The maximum Gasteiger partial charge on any atom is 0.355 e. The molecule has 4 heterocycles. The number of amides is 1. The van der Waals surface area contributed by atoms with E-state index in [9.17, 15) is 14.7 Å². The smallest absolute Gasteiger partial charge is 0.355 e. The standard InChI is InChI=1S/C30H30FIN6O3/c1-5-8-22-27(17(3)11-12-33-22)38-29-19(15-20(31)26(34-29)25-21(32)9-7-10-23(25)39)28(35-30(38)41)37-14-13-36(16-18(37)4)24(40)6-2/h6-7,9-12,15,18,39H,2,5,8,13-14,16H2,1,3-4H3/t18-/m0/s1. The minimum Gasteiger partial charge on any atom is -0.507 e. The summed E-state index contributed by atoms with van der Waals surface area (Å²) in [6, 6.07) is 7.83. The van der Waals surface area contributed by atoms with Gasteiger partial charge in [-0.15, -0.1) is 0 Å². The molecule has 3 aromatic heterocycles. The average Bonchev–Trinajstić information content (AvgIpc) is 2.94. The normalized spacial score (nSPS) is 15.4. The Kier molecular flexibility index (Phi) is 8.07. The maximum absolute atomic E-state index is 16.0. The Bertz CT molecular complexity index is 1720. The van der Waals surface area contributed by atoms with Crippen LogP contribution in [0.25, 0.3) is 28.0 Å². The third-order valence-corrected chi connectivity index (χ3v) is 8.23. The van der Waals surface area contributed by atoms with Crippen molar-refractivity contribution >= 4 is 45.3 Å². The van der Waals surface area contributed by atoms with Gasteiger partial charge >= 0.3 is 5.69 Å². The van der Waals surface area contributed by atoms with Crippen molar-refractivity contribution in [3.63, 3.8) is 0 Å². The van der Waals surface area contributed by atoms with Crippen LogP contribution < -0.4 is 10.6 Å². The van der Waals surface area contributed by atoms with Crippen LogP contribution in [-0.2, 0) is 11.2 Å². The Labute approximate surface area is 250 Å². The Morgan fingerprint density at radius 1 is 1.27 bits per heavy atom. The highest BCUT2D eigenvalue weighted by Gasteiger charge is 2.30. The van der Waals surface area contributed by atoms with Gasteiger partial charge in [0.05, 0.1) is 22.3 Å². The number of phenolic OH excluding ortho intramolecular Hbond substituents is 1. The zero-order chi connectivity index (χ0) is 29.4. The fourth-order valence-electron chi connectivity index (χ4n) is 5.38. The van der Waals surface area contributed by atoms with Crippen LogP contribution >= 0.6 is 22.6 Å². The molecule has 1 aromatic carbocycles. The Morgan fingerprint density at radius 2 is 2.05 bits per heavy atom. The predicted molar refractivity (Wildman–Crippen MR) is 165 cm³/mol. The number of piperazine rings is 1. The van der Waals surface area contributed by atoms with Crippen molar-refractivity contribution in [2.24, 2.45) is 0 Å². The number of carbonyl (C=O) groups is 1. The minimum atomic E-state index is -0.657. The lowest BCUT2D eigenvalue weighted by Gasteiger charge is -2.40. The number of rotatable bonds is 6. The zero-order valence-electron chi connectivity index (χ0n) is 23.1. The first-order valence-corrected chi connectivity index (χ1v) is 14.5. The second kappa shape index (κ2) is 11.6. The van der Waals surface area contributed by atoms with E-state index in [1.165, 1.54) is 22.8 Å². The quantitative estimate of drug-likeness (QED) is 0.233. The van der Waals surface area contributed by atoms with Crippen molar-refractivity contribution in [3.8, 4) is 22.7 Å². The van der Waals surface area contributed by atoms with E-state index in [1.54, 1.807) is 23.2 Å². The van der Waals surface area contributed by atoms with Gasteiger partial charge in [-0.3, -0.25) is 9.78 Å². The van der Waals surface area contributed by atoms with E-state index in [4.69, 9.17) is 4.98 Å². The Hall–Kier alpha value is -3.87. The number of aromatic nitrogens is 4. The van der Waals surface area contributed by atoms with Gasteiger partial charge in [-0.25, -0.2) is 18.7 Å². The Balaban J connectivity index is 1.82. The summed E-state index contributed by atoms with van der Waals surface area (Å²) in [7, 11) is 0. The summed E-state index contributed by atoms with van der Waals surface area (Å²) < 4.78 is 18.0. The number of fused-ring (bicyclic) bond motifs is 1. The summed E-state index contributed by atoms with van der Waals surface area (Å²) in [6.45, 7) is 10.6. The highest BCUT2D eigenvalue weighted by atomic mass is 127. The number of carbonyl (C=O) groups excluding carboxylic acids is 1.